The summed E-state index contributed by atoms with van der Waals surface area (Å²) in [6.07, 6.45) is 2.84. The summed E-state index contributed by atoms with van der Waals surface area (Å²) < 4.78 is 12.9. The van der Waals surface area contributed by atoms with Crippen molar-refractivity contribution in [3.05, 3.63) is 41.6 Å². The molecular weight excluding hydrogens is 231 g/mol. The molecule has 0 saturated heterocycles. The van der Waals surface area contributed by atoms with Crippen molar-refractivity contribution in [3.63, 3.8) is 0 Å². The zero-order valence-electron chi connectivity index (χ0n) is 8.11. The number of rotatable bonds is 2. The topological polar surface area (TPSA) is 63.8 Å². The molecule has 0 bridgehead atoms. The Hall–Kier alpha value is -1.88. The molecule has 2 aromatic rings. The van der Waals surface area contributed by atoms with Crippen LogP contribution in [0.5, 0.6) is 0 Å². The number of halogens is 2. The van der Waals surface area contributed by atoms with Gasteiger partial charge in [0.15, 0.2) is 5.82 Å². The number of benzene rings is 1. The second-order valence-corrected chi connectivity index (χ2v) is 3.49. The van der Waals surface area contributed by atoms with E-state index in [1.165, 1.54) is 24.7 Å². The van der Waals surface area contributed by atoms with Crippen molar-refractivity contribution in [2.45, 2.75) is 0 Å². The van der Waals surface area contributed by atoms with Crippen LogP contribution in [0.15, 0.2) is 30.7 Å². The van der Waals surface area contributed by atoms with Crippen LogP contribution in [0.25, 0.3) is 0 Å². The summed E-state index contributed by atoms with van der Waals surface area (Å²) in [5.74, 6) is -0.0134. The molecule has 0 spiro atoms. The molecule has 0 saturated carbocycles. The molecule has 82 valence electrons. The van der Waals surface area contributed by atoms with E-state index >= 15 is 0 Å². The lowest BCUT2D eigenvalue weighted by Gasteiger charge is -2.07. The summed E-state index contributed by atoms with van der Waals surface area (Å²) in [4.78, 5) is 7.70. The third-order valence-electron chi connectivity index (χ3n) is 1.92. The summed E-state index contributed by atoms with van der Waals surface area (Å²) in [5, 5.41) is 2.95. The predicted octanol–water partition coefficient (Wildman–Crippen LogP) is 2.59. The second-order valence-electron chi connectivity index (χ2n) is 3.08. The number of hydrogen-bond donors (Lipinski definition) is 2. The highest BCUT2D eigenvalue weighted by Crippen LogP contribution is 2.23. The van der Waals surface area contributed by atoms with Gasteiger partial charge in [-0.2, -0.15) is 0 Å². The average molecular weight is 239 g/mol. The van der Waals surface area contributed by atoms with Crippen molar-refractivity contribution >= 4 is 28.8 Å². The maximum atomic E-state index is 12.9. The molecule has 0 aliphatic rings. The molecule has 0 unspecified atom stereocenters. The fourth-order valence-corrected chi connectivity index (χ4v) is 1.34. The first-order valence-electron chi connectivity index (χ1n) is 4.44. The van der Waals surface area contributed by atoms with Crippen molar-refractivity contribution in [2.75, 3.05) is 11.1 Å². The fourth-order valence-electron chi connectivity index (χ4n) is 1.16. The molecule has 0 aliphatic heterocycles. The minimum atomic E-state index is -0.470. The predicted molar refractivity (Wildman–Crippen MR) is 61.1 cm³/mol. The molecule has 0 fully saturated rings. The Balaban J connectivity index is 2.28. The van der Waals surface area contributed by atoms with E-state index in [1.807, 2.05) is 0 Å². The van der Waals surface area contributed by atoms with Gasteiger partial charge in [0.05, 0.1) is 16.9 Å². The van der Waals surface area contributed by atoms with Crippen LogP contribution in [0.3, 0.4) is 0 Å². The number of nitrogen functional groups attached to an aromatic ring is 1. The van der Waals surface area contributed by atoms with Crippen molar-refractivity contribution in [3.8, 4) is 0 Å². The van der Waals surface area contributed by atoms with E-state index in [2.05, 4.69) is 15.3 Å². The largest absolute Gasteiger partial charge is 0.394 e. The van der Waals surface area contributed by atoms with Gasteiger partial charge in [-0.05, 0) is 18.2 Å². The molecule has 6 heteroatoms. The van der Waals surface area contributed by atoms with Crippen molar-refractivity contribution < 1.29 is 4.39 Å². The van der Waals surface area contributed by atoms with E-state index in [9.17, 15) is 4.39 Å². The van der Waals surface area contributed by atoms with E-state index in [-0.39, 0.29) is 5.02 Å². The van der Waals surface area contributed by atoms with Gasteiger partial charge >= 0.3 is 0 Å². The Morgan fingerprint density at radius 1 is 1.38 bits per heavy atom. The quantitative estimate of drug-likeness (QED) is 0.844. The molecule has 4 nitrogen and oxygen atoms in total. The first-order valence-corrected chi connectivity index (χ1v) is 4.82. The van der Waals surface area contributed by atoms with Crippen LogP contribution in [0.2, 0.25) is 5.02 Å². The molecule has 1 aromatic carbocycles. The van der Waals surface area contributed by atoms with Gasteiger partial charge in [0, 0.05) is 5.69 Å². The molecule has 1 aromatic heterocycles. The van der Waals surface area contributed by atoms with Gasteiger partial charge in [-0.25, -0.2) is 14.4 Å². The molecule has 1 heterocycles. The summed E-state index contributed by atoms with van der Waals surface area (Å²) in [7, 11) is 0. The highest BCUT2D eigenvalue weighted by atomic mass is 35.5. The highest BCUT2D eigenvalue weighted by molar-refractivity contribution is 6.31. The standard InChI is InChI=1S/C10H8ClFN4/c11-7-3-6(1-2-8(7)12)16-10-9(13)4-14-5-15-10/h1-5H,13H2,(H,14,15,16). The number of nitrogens with zero attached hydrogens (tertiary/aromatic N) is 2. The van der Waals surface area contributed by atoms with Gasteiger partial charge in [0.2, 0.25) is 0 Å². The van der Waals surface area contributed by atoms with Crippen LogP contribution in [0.1, 0.15) is 0 Å². The Labute approximate surface area is 96.3 Å². The van der Waals surface area contributed by atoms with Crippen LogP contribution >= 0.6 is 11.6 Å². The average Bonchev–Trinajstić information content (AvgIpc) is 2.27. The normalized spacial score (nSPS) is 10.1. The van der Waals surface area contributed by atoms with Gasteiger partial charge in [0.1, 0.15) is 12.1 Å². The highest BCUT2D eigenvalue weighted by Gasteiger charge is 2.03. The van der Waals surface area contributed by atoms with Crippen molar-refractivity contribution in [1.82, 2.24) is 9.97 Å². The number of nitrogens with two attached hydrogens (primary N) is 1. The smallest absolute Gasteiger partial charge is 0.157 e. The van der Waals surface area contributed by atoms with Crippen LogP contribution < -0.4 is 11.1 Å². The molecule has 2 rings (SSSR count). The minimum absolute atomic E-state index is 0.0395. The first kappa shape index (κ1) is 10.6. The van der Waals surface area contributed by atoms with Gasteiger partial charge in [0.25, 0.3) is 0 Å². The zero-order valence-corrected chi connectivity index (χ0v) is 8.87. The van der Waals surface area contributed by atoms with E-state index in [1.54, 1.807) is 6.07 Å². The zero-order chi connectivity index (χ0) is 11.5. The lowest BCUT2D eigenvalue weighted by molar-refractivity contribution is 0.628. The SMILES string of the molecule is Nc1cncnc1Nc1ccc(F)c(Cl)c1. The maximum Gasteiger partial charge on any atom is 0.157 e. The summed E-state index contributed by atoms with van der Waals surface area (Å²) in [6.45, 7) is 0. The van der Waals surface area contributed by atoms with Gasteiger partial charge < -0.3 is 11.1 Å². The van der Waals surface area contributed by atoms with Gasteiger partial charge in [-0.3, -0.25) is 0 Å². The maximum absolute atomic E-state index is 12.9. The summed E-state index contributed by atoms with van der Waals surface area (Å²) in [5.41, 5.74) is 6.66. The van der Waals surface area contributed by atoms with Crippen LogP contribution in [-0.4, -0.2) is 9.97 Å². The number of anilines is 3. The molecule has 16 heavy (non-hydrogen) atoms. The molecule has 0 atom stereocenters. The van der Waals surface area contributed by atoms with Crippen LogP contribution in [0, 0.1) is 5.82 Å². The number of aromatic nitrogens is 2. The summed E-state index contributed by atoms with van der Waals surface area (Å²) >= 11 is 5.64. The second kappa shape index (κ2) is 4.32. The Kier molecular flexibility index (Phi) is 2.87. The fraction of sp³-hybridized carbons (Fsp3) is 0. The van der Waals surface area contributed by atoms with E-state index in [0.717, 1.165) is 0 Å². The third-order valence-corrected chi connectivity index (χ3v) is 2.21. The number of nitrogens with one attached hydrogen (secondary N) is 1. The third kappa shape index (κ3) is 2.20. The molecule has 0 amide bonds. The Morgan fingerprint density at radius 3 is 2.88 bits per heavy atom. The van der Waals surface area contributed by atoms with E-state index in [0.29, 0.717) is 17.2 Å². The molecule has 0 radical (unpaired) electrons. The Bertz CT molecular complexity index is 518. The molecule has 0 aliphatic carbocycles. The van der Waals surface area contributed by atoms with Crippen molar-refractivity contribution in [2.24, 2.45) is 0 Å². The minimum Gasteiger partial charge on any atom is -0.394 e. The van der Waals surface area contributed by atoms with Crippen LogP contribution in [-0.2, 0) is 0 Å². The van der Waals surface area contributed by atoms with Gasteiger partial charge in [-0.1, -0.05) is 11.6 Å². The van der Waals surface area contributed by atoms with E-state index in [4.69, 9.17) is 17.3 Å². The summed E-state index contributed by atoms with van der Waals surface area (Å²) in [6, 6.07) is 4.27. The monoisotopic (exact) mass is 238 g/mol. The lowest BCUT2D eigenvalue weighted by Crippen LogP contribution is -1.99. The Morgan fingerprint density at radius 2 is 2.19 bits per heavy atom. The molecule has 3 N–H and O–H groups in total. The molecular formula is C10H8ClFN4. The number of hydrogen-bond acceptors (Lipinski definition) is 4. The lowest BCUT2D eigenvalue weighted by atomic mass is 10.3. The van der Waals surface area contributed by atoms with Crippen LogP contribution in [0.4, 0.5) is 21.6 Å². The van der Waals surface area contributed by atoms with Gasteiger partial charge in [-0.15, -0.1) is 0 Å². The van der Waals surface area contributed by atoms with Crippen molar-refractivity contribution in [1.29, 1.82) is 0 Å². The van der Waals surface area contributed by atoms with E-state index < -0.39 is 5.82 Å². The first-order chi connectivity index (χ1) is 7.66.